The zero-order valence-electron chi connectivity index (χ0n) is 19.4. The predicted molar refractivity (Wildman–Crippen MR) is 133 cm³/mol. The van der Waals surface area contributed by atoms with Crippen LogP contribution in [0.15, 0.2) is 52.6 Å². The summed E-state index contributed by atoms with van der Waals surface area (Å²) in [6.45, 7) is 4.75. The summed E-state index contributed by atoms with van der Waals surface area (Å²) >= 11 is 1.38. The first kappa shape index (κ1) is 23.4. The van der Waals surface area contributed by atoms with Gasteiger partial charge in [-0.25, -0.2) is 8.91 Å². The van der Waals surface area contributed by atoms with Crippen molar-refractivity contribution in [3.63, 3.8) is 0 Å². The van der Waals surface area contributed by atoms with E-state index in [-0.39, 0.29) is 12.6 Å². The third kappa shape index (κ3) is 4.50. The van der Waals surface area contributed by atoms with E-state index in [1.807, 2.05) is 18.5 Å². The summed E-state index contributed by atoms with van der Waals surface area (Å²) in [5.74, 6) is -0.392. The van der Waals surface area contributed by atoms with Crippen molar-refractivity contribution in [2.45, 2.75) is 35.6 Å². The molecule has 4 heterocycles. The summed E-state index contributed by atoms with van der Waals surface area (Å²) < 4.78 is 17.4. The Hall–Kier alpha value is -3.39. The molecule has 35 heavy (non-hydrogen) atoms. The fraction of sp³-hybridized carbons (Fsp3) is 0.320. The number of halogens is 1. The molecule has 1 saturated heterocycles. The number of fused-ring (bicyclic) bond motifs is 1. The zero-order valence-corrected chi connectivity index (χ0v) is 20.2. The van der Waals surface area contributed by atoms with Crippen LogP contribution in [0.1, 0.15) is 30.1 Å². The maximum atomic E-state index is 13.6. The van der Waals surface area contributed by atoms with Gasteiger partial charge in [0.05, 0.1) is 36.1 Å². The summed E-state index contributed by atoms with van der Waals surface area (Å²) in [7, 11) is 0. The first-order valence-corrected chi connectivity index (χ1v) is 12.3. The summed E-state index contributed by atoms with van der Waals surface area (Å²) in [4.78, 5) is 3.78. The second-order valence-electron chi connectivity index (χ2n) is 8.75. The number of nitrogens with two attached hydrogens (primary N) is 1. The summed E-state index contributed by atoms with van der Waals surface area (Å²) in [5.41, 5.74) is 10.5. The van der Waals surface area contributed by atoms with E-state index in [1.165, 1.54) is 23.9 Å². The van der Waals surface area contributed by atoms with E-state index in [1.54, 1.807) is 16.8 Å². The van der Waals surface area contributed by atoms with E-state index < -0.39 is 5.82 Å². The molecule has 1 atom stereocenters. The van der Waals surface area contributed by atoms with Gasteiger partial charge in [-0.2, -0.15) is 15.5 Å². The number of hydrogen-bond acceptors (Lipinski definition) is 7. The van der Waals surface area contributed by atoms with Gasteiger partial charge in [-0.05, 0) is 50.6 Å². The van der Waals surface area contributed by atoms with Gasteiger partial charge < -0.3 is 10.8 Å². The van der Waals surface area contributed by atoms with Crippen molar-refractivity contribution in [2.75, 3.05) is 32.0 Å². The maximum absolute atomic E-state index is 13.6. The van der Waals surface area contributed by atoms with E-state index >= 15 is 0 Å². The van der Waals surface area contributed by atoms with Gasteiger partial charge in [0.2, 0.25) is 0 Å². The number of aliphatic hydroxyl groups is 1. The lowest BCUT2D eigenvalue weighted by Crippen LogP contribution is -2.38. The second-order valence-corrected chi connectivity index (χ2v) is 9.83. The Morgan fingerprint density at radius 2 is 2.11 bits per heavy atom. The topological polar surface area (TPSA) is 108 Å². The van der Waals surface area contributed by atoms with Gasteiger partial charge >= 0.3 is 0 Å². The van der Waals surface area contributed by atoms with Crippen LogP contribution in [0.25, 0.3) is 16.6 Å². The second kappa shape index (κ2) is 9.70. The number of nitrogens with zero attached hydrogens (tertiary/aromatic N) is 6. The number of nitrogen functional groups attached to an aromatic ring is 1. The molecule has 180 valence electrons. The number of likely N-dealkylation sites (tertiary alicyclic amines) is 1. The molecule has 0 saturated carbocycles. The number of aromatic nitrogens is 4. The van der Waals surface area contributed by atoms with E-state index in [2.05, 4.69) is 27.7 Å². The van der Waals surface area contributed by atoms with Crippen LogP contribution in [0.2, 0.25) is 0 Å². The number of piperidine rings is 1. The van der Waals surface area contributed by atoms with Gasteiger partial charge in [-0.15, -0.1) is 0 Å². The molecule has 0 amide bonds. The van der Waals surface area contributed by atoms with Gasteiger partial charge in [0.1, 0.15) is 11.9 Å². The van der Waals surface area contributed by atoms with Crippen molar-refractivity contribution < 1.29 is 9.50 Å². The van der Waals surface area contributed by atoms with Gasteiger partial charge in [-0.1, -0.05) is 11.8 Å². The van der Waals surface area contributed by atoms with Crippen molar-refractivity contribution in [3.05, 3.63) is 59.9 Å². The highest BCUT2D eigenvalue weighted by Gasteiger charge is 2.24. The Morgan fingerprint density at radius 3 is 2.89 bits per heavy atom. The molecule has 10 heteroatoms. The van der Waals surface area contributed by atoms with E-state index in [0.717, 1.165) is 47.6 Å². The van der Waals surface area contributed by atoms with Gasteiger partial charge in [0.15, 0.2) is 0 Å². The Kier molecular flexibility index (Phi) is 6.47. The smallest absolute Gasteiger partial charge is 0.125 e. The number of nitriles is 1. The normalized spacial score (nSPS) is 16.6. The number of benzene rings is 1. The summed E-state index contributed by atoms with van der Waals surface area (Å²) in [6.07, 6.45) is 7.43. The fourth-order valence-electron chi connectivity index (χ4n) is 4.77. The SMILES string of the molecule is Cc1c(-c2cc(Sc3ccc(F)cc3N)c3c(C#N)cnn3c2)cnn1[C@H]1CCCN(CCO)C1. The molecule has 1 aliphatic rings. The summed E-state index contributed by atoms with van der Waals surface area (Å²) in [6, 6.07) is 8.78. The van der Waals surface area contributed by atoms with E-state index in [0.29, 0.717) is 28.2 Å². The Labute approximate surface area is 206 Å². The number of aliphatic hydroxyl groups excluding tert-OH is 1. The Morgan fingerprint density at radius 1 is 1.26 bits per heavy atom. The van der Waals surface area contributed by atoms with Crippen LogP contribution in [-0.2, 0) is 0 Å². The van der Waals surface area contributed by atoms with Gasteiger partial charge in [-0.3, -0.25) is 9.58 Å². The van der Waals surface area contributed by atoms with Gasteiger partial charge in [0, 0.05) is 51.6 Å². The predicted octanol–water partition coefficient (Wildman–Crippen LogP) is 3.88. The highest BCUT2D eigenvalue weighted by molar-refractivity contribution is 7.99. The quantitative estimate of drug-likeness (QED) is 0.394. The summed E-state index contributed by atoms with van der Waals surface area (Å²) in [5, 5.41) is 28.1. The average Bonchev–Trinajstić information content (AvgIpc) is 3.44. The number of anilines is 1. The standard InChI is InChI=1S/C25H26FN7OS/c1-16-21(13-30-33(16)20-3-2-6-31(15-20)7-8-34)17-9-24(25-18(11-27)12-29-32(25)14-17)35-23-5-4-19(26)10-22(23)28/h4-5,9-10,12-14,20,34H,2-3,6-8,15,28H2,1H3/t20-/m0/s1. The van der Waals surface area contributed by atoms with Crippen LogP contribution in [0.3, 0.4) is 0 Å². The van der Waals surface area contributed by atoms with Crippen LogP contribution in [0.5, 0.6) is 0 Å². The monoisotopic (exact) mass is 491 g/mol. The number of rotatable bonds is 6. The van der Waals surface area contributed by atoms with Crippen LogP contribution < -0.4 is 5.73 Å². The molecule has 0 bridgehead atoms. The molecule has 3 N–H and O–H groups in total. The molecule has 0 aliphatic carbocycles. The number of β-amino-alcohol motifs (C(OH)–C–C–N with tert-alkyl or cyclic N) is 1. The minimum absolute atomic E-state index is 0.156. The highest BCUT2D eigenvalue weighted by atomic mass is 32.2. The third-order valence-electron chi connectivity index (χ3n) is 6.49. The van der Waals surface area contributed by atoms with E-state index in [9.17, 15) is 14.8 Å². The van der Waals surface area contributed by atoms with Crippen molar-refractivity contribution in [2.24, 2.45) is 0 Å². The zero-order chi connectivity index (χ0) is 24.5. The molecule has 1 fully saturated rings. The first-order valence-electron chi connectivity index (χ1n) is 11.5. The fourth-order valence-corrected chi connectivity index (χ4v) is 5.81. The van der Waals surface area contributed by atoms with Crippen LogP contribution in [0.4, 0.5) is 10.1 Å². The lowest BCUT2D eigenvalue weighted by atomic mass is 10.0. The molecule has 0 spiro atoms. The first-order chi connectivity index (χ1) is 17.0. The van der Waals surface area contributed by atoms with Crippen LogP contribution >= 0.6 is 11.8 Å². The minimum Gasteiger partial charge on any atom is -0.398 e. The Bertz CT molecular complexity index is 1420. The largest absolute Gasteiger partial charge is 0.398 e. The Balaban J connectivity index is 1.55. The average molecular weight is 492 g/mol. The van der Waals surface area contributed by atoms with Crippen molar-refractivity contribution in [1.82, 2.24) is 24.3 Å². The molecular formula is C25H26FN7OS. The third-order valence-corrected chi connectivity index (χ3v) is 7.61. The molecule has 5 rings (SSSR count). The molecule has 8 nitrogen and oxygen atoms in total. The lowest BCUT2D eigenvalue weighted by molar-refractivity contribution is 0.137. The highest BCUT2D eigenvalue weighted by Crippen LogP contribution is 2.39. The van der Waals surface area contributed by atoms with Crippen LogP contribution in [0, 0.1) is 24.1 Å². The van der Waals surface area contributed by atoms with Crippen LogP contribution in [-0.4, -0.2) is 55.6 Å². The molecule has 1 aliphatic heterocycles. The molecule has 1 aromatic carbocycles. The minimum atomic E-state index is -0.392. The number of pyridine rings is 1. The van der Waals surface area contributed by atoms with Crippen molar-refractivity contribution in [1.29, 1.82) is 5.26 Å². The van der Waals surface area contributed by atoms with Crippen molar-refractivity contribution >= 4 is 23.0 Å². The molecular weight excluding hydrogens is 465 g/mol. The number of hydrogen-bond donors (Lipinski definition) is 2. The van der Waals surface area contributed by atoms with Gasteiger partial charge in [0.25, 0.3) is 0 Å². The molecule has 0 unspecified atom stereocenters. The molecule has 3 aromatic heterocycles. The van der Waals surface area contributed by atoms with E-state index in [4.69, 9.17) is 10.8 Å². The molecule has 4 aromatic rings. The maximum Gasteiger partial charge on any atom is 0.125 e. The molecule has 0 radical (unpaired) electrons. The lowest BCUT2D eigenvalue weighted by Gasteiger charge is -2.33. The van der Waals surface area contributed by atoms with Crippen molar-refractivity contribution in [3.8, 4) is 17.2 Å².